The number of anilines is 1. The Morgan fingerprint density at radius 1 is 0.851 bits per heavy atom. The molecule has 2 N–H and O–H groups in total. The SMILES string of the molecule is C=C1N=C(N=C2c3ccccc3C3=NC4=NC(=Nc5c6ccc#cc6c(N)n5[Si](Cl)([C@@H](C)OC)N23)c2ccccc24)c2ccccc21. The van der Waals surface area contributed by atoms with Crippen LogP contribution < -0.4 is 5.73 Å². The maximum Gasteiger partial charge on any atom is 0.408 e. The second kappa shape index (κ2) is 9.95. The van der Waals surface area contributed by atoms with Gasteiger partial charge in [0.2, 0.25) is 0 Å². The van der Waals surface area contributed by atoms with Crippen molar-refractivity contribution in [3.05, 3.63) is 137 Å². The lowest BCUT2D eigenvalue weighted by Gasteiger charge is -2.40. The summed E-state index contributed by atoms with van der Waals surface area (Å²) in [5.41, 5.74) is 12.4. The molecule has 1 unspecified atom stereocenters. The molecule has 9 rings (SSSR count). The fourth-order valence-corrected chi connectivity index (χ4v) is 11.1. The number of halogens is 1. The van der Waals surface area contributed by atoms with E-state index >= 15 is 0 Å². The number of hydrogen-bond acceptors (Lipinski definition) is 7. The third-order valence-corrected chi connectivity index (χ3v) is 14.4. The van der Waals surface area contributed by atoms with Gasteiger partial charge in [0, 0.05) is 45.9 Å². The molecule has 2 atom stereocenters. The summed E-state index contributed by atoms with van der Waals surface area (Å²) >= 11 is 8.23. The van der Waals surface area contributed by atoms with E-state index in [-0.39, 0.29) is 0 Å². The Bertz CT molecular complexity index is 2370. The molecule has 0 aliphatic carbocycles. The molecule has 226 valence electrons. The van der Waals surface area contributed by atoms with Gasteiger partial charge in [-0.05, 0) is 19.1 Å². The van der Waals surface area contributed by atoms with E-state index in [1.807, 2.05) is 94.6 Å². The molecule has 4 aromatic carbocycles. The predicted molar refractivity (Wildman–Crippen MR) is 190 cm³/mol. The number of fused-ring (bicyclic) bond motifs is 11. The van der Waals surface area contributed by atoms with Crippen LogP contribution in [0.15, 0.2) is 116 Å². The zero-order chi connectivity index (χ0) is 32.0. The average molecular weight is 649 g/mol. The van der Waals surface area contributed by atoms with Crippen LogP contribution in [0.4, 0.5) is 11.6 Å². The Morgan fingerprint density at radius 3 is 2.21 bits per heavy atom. The van der Waals surface area contributed by atoms with Gasteiger partial charge in [0.1, 0.15) is 29.0 Å². The van der Waals surface area contributed by atoms with E-state index in [0.717, 1.165) is 38.8 Å². The van der Waals surface area contributed by atoms with Crippen LogP contribution in [-0.2, 0) is 4.74 Å². The van der Waals surface area contributed by atoms with E-state index in [1.54, 1.807) is 13.2 Å². The lowest BCUT2D eigenvalue weighted by molar-refractivity contribution is 0.168. The van der Waals surface area contributed by atoms with Gasteiger partial charge in [-0.1, -0.05) is 91.5 Å². The first-order valence-electron chi connectivity index (χ1n) is 15.1. The smallest absolute Gasteiger partial charge is 0.385 e. The van der Waals surface area contributed by atoms with E-state index in [4.69, 9.17) is 46.5 Å². The highest BCUT2D eigenvalue weighted by molar-refractivity contribution is 7.21. The van der Waals surface area contributed by atoms with E-state index in [2.05, 4.69) is 18.7 Å². The molecular formula is C36H25ClN8OSi. The average Bonchev–Trinajstić information content (AvgIpc) is 3.80. The van der Waals surface area contributed by atoms with Crippen molar-refractivity contribution in [2.45, 2.75) is 12.7 Å². The van der Waals surface area contributed by atoms with E-state index in [0.29, 0.717) is 51.9 Å². The lowest BCUT2D eigenvalue weighted by Crippen LogP contribution is -2.65. The maximum atomic E-state index is 8.23. The first kappa shape index (κ1) is 27.7. The molecule has 4 aliphatic heterocycles. The summed E-state index contributed by atoms with van der Waals surface area (Å²) in [7, 11) is -2.15. The highest BCUT2D eigenvalue weighted by Gasteiger charge is 2.57. The number of benzene rings is 3. The summed E-state index contributed by atoms with van der Waals surface area (Å²) in [5, 5.41) is 1.43. The summed E-state index contributed by atoms with van der Waals surface area (Å²) in [5.74, 6) is 3.69. The highest BCUT2D eigenvalue weighted by atomic mass is 35.6. The number of amidine groups is 5. The molecule has 5 heterocycles. The number of rotatable bonds is 2. The first-order valence-corrected chi connectivity index (χ1v) is 18.0. The fraction of sp³-hybridized carbons (Fsp3) is 0.0833. The van der Waals surface area contributed by atoms with E-state index in [9.17, 15) is 0 Å². The molecule has 5 aromatic rings. The van der Waals surface area contributed by atoms with Crippen LogP contribution in [0.25, 0.3) is 16.5 Å². The highest BCUT2D eigenvalue weighted by Crippen LogP contribution is 2.44. The molecule has 0 spiro atoms. The summed E-state index contributed by atoms with van der Waals surface area (Å²) in [6.45, 7) is 6.14. The largest absolute Gasteiger partial charge is 0.408 e. The lowest BCUT2D eigenvalue weighted by atomic mass is 10.1. The van der Waals surface area contributed by atoms with Crippen molar-refractivity contribution in [2.24, 2.45) is 25.0 Å². The number of methoxy groups -OCH3 is 1. The molecular weight excluding hydrogens is 624 g/mol. The maximum absolute atomic E-state index is 8.23. The molecule has 11 heteroatoms. The number of nitrogens with two attached hydrogens (primary N) is 1. The molecule has 0 amide bonds. The minimum Gasteiger partial charge on any atom is -0.385 e. The first-order chi connectivity index (χ1) is 22.9. The van der Waals surface area contributed by atoms with Gasteiger partial charge in [-0.2, -0.15) is 0 Å². The van der Waals surface area contributed by atoms with Gasteiger partial charge >= 0.3 is 7.71 Å². The Balaban J connectivity index is 1.43. The Morgan fingerprint density at radius 2 is 1.49 bits per heavy atom. The number of nitrogens with zero attached hydrogens (tertiary/aromatic N) is 7. The molecule has 0 fully saturated rings. The van der Waals surface area contributed by atoms with Crippen molar-refractivity contribution in [2.75, 3.05) is 12.8 Å². The monoisotopic (exact) mass is 648 g/mol. The predicted octanol–water partition coefficient (Wildman–Crippen LogP) is 6.22. The van der Waals surface area contributed by atoms with Gasteiger partial charge in [-0.25, -0.2) is 25.0 Å². The van der Waals surface area contributed by atoms with Gasteiger partial charge in [0.25, 0.3) is 0 Å². The van der Waals surface area contributed by atoms with Gasteiger partial charge < -0.3 is 19.3 Å². The van der Waals surface area contributed by atoms with E-state index < -0.39 is 13.4 Å². The molecule has 9 nitrogen and oxygen atoms in total. The summed E-state index contributed by atoms with van der Waals surface area (Å²) in [4.78, 5) is 25.6. The summed E-state index contributed by atoms with van der Waals surface area (Å²) < 4.78 is 10.1. The van der Waals surface area contributed by atoms with Crippen molar-refractivity contribution in [3.63, 3.8) is 0 Å². The third kappa shape index (κ3) is 3.73. The van der Waals surface area contributed by atoms with Crippen molar-refractivity contribution in [3.8, 4) is 0 Å². The molecule has 0 saturated carbocycles. The minimum atomic E-state index is -3.79. The molecule has 0 saturated heterocycles. The van der Waals surface area contributed by atoms with Crippen molar-refractivity contribution >= 4 is 76.1 Å². The molecule has 2 bridgehead atoms. The van der Waals surface area contributed by atoms with Crippen LogP contribution in [0.3, 0.4) is 0 Å². The van der Waals surface area contributed by atoms with Crippen molar-refractivity contribution < 1.29 is 4.74 Å². The topological polar surface area (TPSA) is 105 Å². The second-order valence-corrected chi connectivity index (χ2v) is 16.2. The van der Waals surface area contributed by atoms with Crippen molar-refractivity contribution in [1.29, 1.82) is 0 Å². The second-order valence-electron chi connectivity index (χ2n) is 11.5. The van der Waals surface area contributed by atoms with Gasteiger partial charge in [0.15, 0.2) is 17.5 Å². The molecule has 1 aromatic heterocycles. The Labute approximate surface area is 276 Å². The molecule has 0 radical (unpaired) electrons. The zero-order valence-electron chi connectivity index (χ0n) is 25.4. The fourth-order valence-electron chi connectivity index (χ4n) is 6.73. The summed E-state index contributed by atoms with van der Waals surface area (Å²) in [6, 6.07) is 33.9. The third-order valence-electron chi connectivity index (χ3n) is 9.06. The van der Waals surface area contributed by atoms with E-state index in [1.165, 1.54) is 0 Å². The standard InChI is InChI=1S/C36H25ClN8OSi/c1-20-22-12-4-6-14-24(22)31(39-20)41-35-28-18-10-11-19-29(28)36-43-33-26-16-8-7-15-25(26)32(40-33)42-34-27-17-9-5-13-23(27)30(38)44(34)47(37,45(35)36)21(2)46-3/h4,6-12,14-19,21H,1,38H2,2-3H3/t21-,47?/m0/s1. The van der Waals surface area contributed by atoms with Crippen LogP contribution >= 0.6 is 11.1 Å². The number of nitrogen functional groups attached to an aromatic ring is 1. The van der Waals surface area contributed by atoms with Gasteiger partial charge in [-0.3, -0.25) is 0 Å². The van der Waals surface area contributed by atoms with Crippen LogP contribution in [-0.4, -0.2) is 58.5 Å². The van der Waals surface area contributed by atoms with Crippen LogP contribution in [0, 0.1) is 12.1 Å². The van der Waals surface area contributed by atoms with Gasteiger partial charge in [-0.15, -0.1) is 11.1 Å². The minimum absolute atomic E-state index is 0.393. The normalized spacial score (nSPS) is 20.4. The van der Waals surface area contributed by atoms with Gasteiger partial charge in [0.05, 0.1) is 11.1 Å². The number of aromatic nitrogens is 1. The number of hydrogen-bond donors (Lipinski definition) is 1. The number of aliphatic imine (C=N–C) groups is 5. The zero-order valence-corrected chi connectivity index (χ0v) is 27.1. The Kier molecular flexibility index (Phi) is 5.86. The van der Waals surface area contributed by atoms with Crippen LogP contribution in [0.5, 0.6) is 0 Å². The Hall–Kier alpha value is -5.60. The van der Waals surface area contributed by atoms with Crippen LogP contribution in [0.2, 0.25) is 0 Å². The summed E-state index contributed by atoms with van der Waals surface area (Å²) in [6.07, 6.45) is 0. The molecule has 4 aliphatic rings. The number of ether oxygens (including phenoxy) is 1. The quantitative estimate of drug-likeness (QED) is 0.182. The molecule has 47 heavy (non-hydrogen) atoms. The van der Waals surface area contributed by atoms with Crippen molar-refractivity contribution in [1.82, 2.24) is 8.80 Å². The van der Waals surface area contributed by atoms with Crippen LogP contribution in [0.1, 0.15) is 40.3 Å².